The van der Waals surface area contributed by atoms with Crippen LogP contribution in [-0.4, -0.2) is 19.2 Å². The molecule has 0 bridgehead atoms. The Bertz CT molecular complexity index is 596. The quantitative estimate of drug-likeness (QED) is 0.793. The largest absolute Gasteiger partial charge is 0.462 e. The first-order valence-electron chi connectivity index (χ1n) is 5.76. The molecule has 0 spiro atoms. The van der Waals surface area contributed by atoms with Crippen molar-refractivity contribution in [3.8, 4) is 5.75 Å². The summed E-state index contributed by atoms with van der Waals surface area (Å²) in [6, 6.07) is 9.45. The summed E-state index contributed by atoms with van der Waals surface area (Å²) in [6.45, 7) is -0.870. The second-order valence-corrected chi connectivity index (χ2v) is 3.79. The van der Waals surface area contributed by atoms with Crippen LogP contribution in [0.25, 0.3) is 10.8 Å². The molecule has 2 aromatic carbocycles. The number of carbonyl (C=O) groups excluding carboxylic acids is 1. The van der Waals surface area contributed by atoms with Gasteiger partial charge in [0.1, 0.15) is 5.75 Å². The number of alkyl halides is 2. The van der Waals surface area contributed by atoms with Gasteiger partial charge in [-0.15, -0.1) is 0 Å². The molecule has 0 aliphatic rings. The molecule has 2 aromatic rings. The first kappa shape index (κ1) is 13.3. The number of hydrogen-bond acceptors (Lipinski definition) is 3. The van der Waals surface area contributed by atoms with E-state index in [1.165, 1.54) is 12.1 Å². The van der Waals surface area contributed by atoms with E-state index in [2.05, 4.69) is 4.74 Å². The van der Waals surface area contributed by atoms with Gasteiger partial charge in [0.25, 0.3) is 0 Å². The smallest absolute Gasteiger partial charge is 0.387 e. The van der Waals surface area contributed by atoms with E-state index >= 15 is 0 Å². The molecule has 0 fully saturated rings. The topological polar surface area (TPSA) is 35.5 Å². The molecule has 5 heteroatoms. The Morgan fingerprint density at radius 1 is 1.26 bits per heavy atom. The van der Waals surface area contributed by atoms with Crippen molar-refractivity contribution in [2.75, 3.05) is 6.61 Å². The Morgan fingerprint density at radius 3 is 2.74 bits per heavy atom. The summed E-state index contributed by atoms with van der Waals surface area (Å²) in [5, 5.41) is 1.28. The lowest BCUT2D eigenvalue weighted by molar-refractivity contribution is -0.0497. The van der Waals surface area contributed by atoms with Gasteiger partial charge < -0.3 is 9.47 Å². The number of hydrogen-bond donors (Lipinski definition) is 0. The summed E-state index contributed by atoms with van der Waals surface area (Å²) < 4.78 is 33.5. The highest BCUT2D eigenvalue weighted by molar-refractivity contribution is 6.04. The molecule has 0 saturated carbocycles. The van der Waals surface area contributed by atoms with Crippen LogP contribution in [0.1, 0.15) is 17.3 Å². The van der Waals surface area contributed by atoms with Gasteiger partial charge in [0, 0.05) is 0 Å². The highest BCUT2D eigenvalue weighted by Gasteiger charge is 2.12. The van der Waals surface area contributed by atoms with Crippen molar-refractivity contribution in [2.24, 2.45) is 0 Å². The van der Waals surface area contributed by atoms with Crippen molar-refractivity contribution in [1.82, 2.24) is 0 Å². The Morgan fingerprint density at radius 2 is 2.05 bits per heavy atom. The Hall–Kier alpha value is -2.17. The molecule has 3 nitrogen and oxygen atoms in total. The molecule has 0 N–H and O–H groups in total. The summed E-state index contributed by atoms with van der Waals surface area (Å²) in [4.78, 5) is 11.7. The minimum Gasteiger partial charge on any atom is -0.462 e. The molecule has 0 aliphatic heterocycles. The lowest BCUT2D eigenvalue weighted by Crippen LogP contribution is -2.05. The lowest BCUT2D eigenvalue weighted by Gasteiger charge is -2.08. The van der Waals surface area contributed by atoms with Crippen LogP contribution in [0.5, 0.6) is 5.75 Å². The van der Waals surface area contributed by atoms with E-state index in [9.17, 15) is 13.6 Å². The minimum atomic E-state index is -2.87. The number of ether oxygens (including phenoxy) is 2. The van der Waals surface area contributed by atoms with Crippen molar-refractivity contribution in [3.63, 3.8) is 0 Å². The first-order chi connectivity index (χ1) is 9.11. The predicted octanol–water partition coefficient (Wildman–Crippen LogP) is 3.62. The van der Waals surface area contributed by atoms with Crippen LogP contribution < -0.4 is 4.74 Å². The Balaban J connectivity index is 2.43. The fraction of sp³-hybridized carbons (Fsp3) is 0.214. The molecule has 0 aliphatic carbocycles. The second-order valence-electron chi connectivity index (χ2n) is 3.79. The van der Waals surface area contributed by atoms with Crippen molar-refractivity contribution < 1.29 is 23.0 Å². The molecule has 19 heavy (non-hydrogen) atoms. The number of esters is 1. The maximum Gasteiger partial charge on any atom is 0.387 e. The van der Waals surface area contributed by atoms with Gasteiger partial charge in [0.15, 0.2) is 0 Å². The third-order valence-corrected chi connectivity index (χ3v) is 2.57. The summed E-state index contributed by atoms with van der Waals surface area (Å²) in [7, 11) is 0. The van der Waals surface area contributed by atoms with E-state index in [0.29, 0.717) is 16.3 Å². The summed E-state index contributed by atoms with van der Waals surface area (Å²) in [5.74, 6) is -0.376. The van der Waals surface area contributed by atoms with E-state index in [-0.39, 0.29) is 12.4 Å². The molecule has 100 valence electrons. The lowest BCUT2D eigenvalue weighted by atomic mass is 10.0. The van der Waals surface area contributed by atoms with Crippen molar-refractivity contribution in [3.05, 3.63) is 42.0 Å². The predicted molar refractivity (Wildman–Crippen MR) is 66.5 cm³/mol. The van der Waals surface area contributed by atoms with E-state index < -0.39 is 12.6 Å². The number of fused-ring (bicyclic) bond motifs is 1. The zero-order valence-electron chi connectivity index (χ0n) is 10.2. The zero-order valence-corrected chi connectivity index (χ0v) is 10.2. The van der Waals surface area contributed by atoms with Crippen molar-refractivity contribution >= 4 is 16.7 Å². The number of benzene rings is 2. The monoisotopic (exact) mass is 266 g/mol. The second kappa shape index (κ2) is 5.65. The standard InChI is InChI=1S/C14H12F2O3/c1-2-18-13(17)12-5-3-4-9-8-10(19-14(15)16)6-7-11(9)12/h3-8,14H,2H2,1H3. The fourth-order valence-electron chi connectivity index (χ4n) is 1.82. The fourth-order valence-corrected chi connectivity index (χ4v) is 1.82. The Labute approximate surface area is 108 Å². The molecule has 0 heterocycles. The van der Waals surface area contributed by atoms with E-state index in [1.807, 2.05) is 0 Å². The maximum atomic E-state index is 12.1. The first-order valence-corrected chi connectivity index (χ1v) is 5.76. The summed E-state index contributed by atoms with van der Waals surface area (Å²) in [5.41, 5.74) is 0.406. The molecule has 0 unspecified atom stereocenters. The Kier molecular flexibility index (Phi) is 3.94. The molecule has 0 amide bonds. The third-order valence-electron chi connectivity index (χ3n) is 2.57. The van der Waals surface area contributed by atoms with Gasteiger partial charge in [-0.05, 0) is 42.0 Å². The SMILES string of the molecule is CCOC(=O)c1cccc2cc(OC(F)F)ccc12. The van der Waals surface area contributed by atoms with Gasteiger partial charge in [-0.1, -0.05) is 12.1 Å². The molecule has 0 atom stereocenters. The zero-order chi connectivity index (χ0) is 13.8. The van der Waals surface area contributed by atoms with Gasteiger partial charge >= 0.3 is 12.6 Å². The number of rotatable bonds is 4. The van der Waals surface area contributed by atoms with Crippen LogP contribution in [0.3, 0.4) is 0 Å². The average molecular weight is 266 g/mol. The van der Waals surface area contributed by atoms with Crippen molar-refractivity contribution in [2.45, 2.75) is 13.5 Å². The molecular formula is C14H12F2O3. The van der Waals surface area contributed by atoms with E-state index in [0.717, 1.165) is 0 Å². The molecule has 2 rings (SSSR count). The van der Waals surface area contributed by atoms with Crippen LogP contribution >= 0.6 is 0 Å². The number of carbonyl (C=O) groups is 1. The van der Waals surface area contributed by atoms with Crippen LogP contribution in [0.2, 0.25) is 0 Å². The van der Waals surface area contributed by atoms with Gasteiger partial charge in [0.05, 0.1) is 12.2 Å². The molecular weight excluding hydrogens is 254 g/mol. The average Bonchev–Trinajstić information content (AvgIpc) is 2.37. The van der Waals surface area contributed by atoms with Crippen LogP contribution in [0.15, 0.2) is 36.4 Å². The molecule has 0 aromatic heterocycles. The maximum absolute atomic E-state index is 12.1. The van der Waals surface area contributed by atoms with Crippen molar-refractivity contribution in [1.29, 1.82) is 0 Å². The molecule has 0 radical (unpaired) electrons. The third kappa shape index (κ3) is 2.99. The van der Waals surface area contributed by atoms with Crippen LogP contribution in [-0.2, 0) is 4.74 Å². The van der Waals surface area contributed by atoms with E-state index in [4.69, 9.17) is 4.74 Å². The van der Waals surface area contributed by atoms with Gasteiger partial charge in [-0.25, -0.2) is 4.79 Å². The highest BCUT2D eigenvalue weighted by Crippen LogP contribution is 2.25. The summed E-state index contributed by atoms with van der Waals surface area (Å²) >= 11 is 0. The van der Waals surface area contributed by atoms with Crippen LogP contribution in [0, 0.1) is 0 Å². The number of halogens is 2. The normalized spacial score (nSPS) is 10.7. The van der Waals surface area contributed by atoms with E-state index in [1.54, 1.807) is 31.2 Å². The molecule has 0 saturated heterocycles. The van der Waals surface area contributed by atoms with Gasteiger partial charge in [0.2, 0.25) is 0 Å². The minimum absolute atomic E-state index is 0.0588. The van der Waals surface area contributed by atoms with Crippen LogP contribution in [0.4, 0.5) is 8.78 Å². The van der Waals surface area contributed by atoms with Gasteiger partial charge in [-0.3, -0.25) is 0 Å². The highest BCUT2D eigenvalue weighted by atomic mass is 19.3. The summed E-state index contributed by atoms with van der Waals surface area (Å²) in [6.07, 6.45) is 0. The van der Waals surface area contributed by atoms with Gasteiger partial charge in [-0.2, -0.15) is 8.78 Å².